The summed E-state index contributed by atoms with van der Waals surface area (Å²) in [7, 11) is 0.101. The third kappa shape index (κ3) is 17.0. The van der Waals surface area contributed by atoms with Crippen molar-refractivity contribution in [3.05, 3.63) is 89.5 Å². The average molecular weight is 841 g/mol. The van der Waals surface area contributed by atoms with Gasteiger partial charge in [-0.1, -0.05) is 136 Å². The van der Waals surface area contributed by atoms with Crippen LogP contribution in [-0.4, -0.2) is 59.6 Å². The molecule has 3 unspecified atom stereocenters. The van der Waals surface area contributed by atoms with Crippen LogP contribution in [0, 0.1) is 17.8 Å². The highest BCUT2D eigenvalue weighted by Crippen LogP contribution is 2.26. The number of hydrogen-bond donors (Lipinski definition) is 0. The van der Waals surface area contributed by atoms with Crippen LogP contribution in [0.1, 0.15) is 150 Å². The summed E-state index contributed by atoms with van der Waals surface area (Å²) in [5.41, 5.74) is 0.757. The van der Waals surface area contributed by atoms with E-state index in [1.54, 1.807) is 66.7 Å². The Morgan fingerprint density at radius 3 is 1.15 bits per heavy atom. The fourth-order valence-electron chi connectivity index (χ4n) is 6.41. The van der Waals surface area contributed by atoms with Crippen molar-refractivity contribution in [3.8, 4) is 17.2 Å². The number of hydrogen-bond acceptors (Lipinski definition) is 9. The molecule has 0 N–H and O–H groups in total. The van der Waals surface area contributed by atoms with E-state index in [1.807, 2.05) is 6.07 Å². The third-order valence-corrected chi connectivity index (χ3v) is 11.4. The highest BCUT2D eigenvalue weighted by Gasteiger charge is 2.27. The van der Waals surface area contributed by atoms with Crippen LogP contribution in [-0.2, 0) is 0 Å². The molecule has 0 saturated heterocycles. The Kier molecular flexibility index (Phi) is 22.9. The maximum atomic E-state index is 13.6. The molecule has 0 heterocycles. The monoisotopic (exact) mass is 840 g/mol. The summed E-state index contributed by atoms with van der Waals surface area (Å²) in [4.78, 5) is 40.6. The lowest BCUT2D eigenvalue weighted by Crippen LogP contribution is -2.28. The quantitative estimate of drug-likeness (QED) is 0.0524. The smallest absolute Gasteiger partial charge is 0.298 e. The topological polar surface area (TPSA) is 153 Å². The minimum atomic E-state index is -1.56. The van der Waals surface area contributed by atoms with E-state index < -0.39 is 23.0 Å². The van der Waals surface area contributed by atoms with Crippen molar-refractivity contribution in [3.63, 3.8) is 0 Å². The average Bonchev–Trinajstić information content (AvgIpc) is 3.28. The summed E-state index contributed by atoms with van der Waals surface area (Å²) in [6, 6.07) is 20.8. The zero-order valence-electron chi connectivity index (χ0n) is 37.1. The number of ether oxygens (including phenoxy) is 3. The van der Waals surface area contributed by atoms with Crippen LogP contribution in [0.3, 0.4) is 0 Å². The second-order valence-electron chi connectivity index (χ2n) is 15.6. The molecular weight excluding hydrogens is 773 g/mol. The number of amides is 3. The Morgan fingerprint density at radius 2 is 0.833 bits per heavy atom. The number of azo groups is 3. The van der Waals surface area contributed by atoms with Crippen molar-refractivity contribution in [2.24, 2.45) is 48.4 Å². The van der Waals surface area contributed by atoms with Gasteiger partial charge in [-0.05, 0) is 73.4 Å². The second kappa shape index (κ2) is 27.8. The van der Waals surface area contributed by atoms with Gasteiger partial charge in [-0.2, -0.15) is 15.3 Å². The molecule has 0 spiro atoms. The lowest BCUT2D eigenvalue weighted by Gasteiger charge is -2.17. The molecule has 0 saturated carbocycles. The van der Waals surface area contributed by atoms with Crippen LogP contribution in [0.15, 0.2) is 103 Å². The fourth-order valence-corrected chi connectivity index (χ4v) is 6.75. The lowest BCUT2D eigenvalue weighted by molar-refractivity contribution is 0.0972. The Labute approximate surface area is 360 Å². The van der Waals surface area contributed by atoms with Gasteiger partial charge in [0.25, 0.3) is 17.7 Å². The van der Waals surface area contributed by atoms with Crippen molar-refractivity contribution in [2.75, 3.05) is 26.4 Å². The zero-order valence-corrected chi connectivity index (χ0v) is 39.1. The van der Waals surface area contributed by atoms with E-state index in [9.17, 15) is 14.4 Å². The van der Waals surface area contributed by atoms with Gasteiger partial charge in [0, 0.05) is 0 Å². The van der Waals surface area contributed by atoms with Gasteiger partial charge in [-0.25, -0.2) is 0 Å². The summed E-state index contributed by atoms with van der Waals surface area (Å²) in [6.45, 7) is 14.0. The molecule has 60 heavy (non-hydrogen) atoms. The maximum absolute atomic E-state index is 13.6. The van der Waals surface area contributed by atoms with Gasteiger partial charge in [-0.3, -0.25) is 14.4 Å². The molecule has 0 radical (unpaired) electrons. The Morgan fingerprint density at radius 1 is 0.517 bits per heavy atom. The molecule has 3 aromatic rings. The van der Waals surface area contributed by atoms with Crippen molar-refractivity contribution in [1.29, 1.82) is 0 Å². The molecule has 0 aliphatic carbocycles. The van der Waals surface area contributed by atoms with Crippen molar-refractivity contribution < 1.29 is 28.6 Å². The van der Waals surface area contributed by atoms with Crippen LogP contribution in [0.2, 0.25) is 0 Å². The van der Waals surface area contributed by atoms with Gasteiger partial charge in [-0.15, -0.1) is 15.3 Å². The molecule has 0 aliphatic rings. The fraction of sp³-hybridized carbons (Fsp3) is 0.553. The Bertz CT molecular complexity index is 1770. The van der Waals surface area contributed by atoms with Crippen LogP contribution in [0.5, 0.6) is 17.2 Å². The minimum Gasteiger partial charge on any atom is -0.492 e. The van der Waals surface area contributed by atoms with E-state index in [4.69, 9.17) is 14.2 Å². The van der Waals surface area contributed by atoms with Gasteiger partial charge < -0.3 is 14.2 Å². The zero-order chi connectivity index (χ0) is 43.6. The van der Waals surface area contributed by atoms with Crippen molar-refractivity contribution in [1.82, 2.24) is 0 Å². The predicted octanol–water partition coefficient (Wildman–Crippen LogP) is 11.7. The summed E-state index contributed by atoms with van der Waals surface area (Å²) in [6.07, 6.45) is 12.7. The van der Waals surface area contributed by atoms with Crippen LogP contribution >= 0.6 is 0 Å². The van der Waals surface area contributed by atoms with Gasteiger partial charge in [0.05, 0.1) is 46.8 Å². The molecule has 3 rings (SSSR count). The first-order valence-corrected chi connectivity index (χ1v) is 23.1. The molecule has 0 aromatic heterocycles. The van der Waals surface area contributed by atoms with E-state index in [-0.39, 0.29) is 33.5 Å². The normalized spacial score (nSPS) is 14.3. The van der Waals surface area contributed by atoms with Gasteiger partial charge in [0.15, 0.2) is 5.29 Å². The molecule has 12 nitrogen and oxygen atoms in total. The van der Waals surface area contributed by atoms with Crippen LogP contribution in [0.4, 0.5) is 0 Å². The number of rotatable bonds is 28. The second-order valence-corrected chi connectivity index (χ2v) is 17.2. The first kappa shape index (κ1) is 49.4. The summed E-state index contributed by atoms with van der Waals surface area (Å²) < 4.78 is 18.4. The van der Waals surface area contributed by atoms with Crippen LogP contribution in [0.25, 0.3) is 0 Å². The Balaban J connectivity index is 1.90. The van der Waals surface area contributed by atoms with E-state index in [1.165, 1.54) is 0 Å². The SMILES string of the molecule is CCCCC(CC)COc1ccccc1C(=O)N=NCC([SiH3])(N=NC(=O)c1ccccc1OCC(CC)CCCC)N=NC(=O)c1ccccc1OCC(CC)CCCC. The molecule has 0 fully saturated rings. The molecule has 3 aromatic carbocycles. The minimum absolute atomic E-state index is 0.101. The standard InChI is InChI=1S/C47H68N6O6Si/c1-7-13-22-35(10-4)31-57-41-28-19-16-25-38(41)44(54)49-48-34-47(60,52-50-45(55)39-26-17-20-29-42(39)58-32-36(11-5)23-14-8-2)53-51-46(56)40-27-18-21-30-43(40)59-33-37(12-6)24-15-9-3/h16-21,25-30,35-37H,7-15,22-24,31-34H2,1-6,60H3. The number of unbranched alkanes of at least 4 members (excludes halogenated alkanes) is 3. The third-order valence-electron chi connectivity index (χ3n) is 10.7. The van der Waals surface area contributed by atoms with E-state index in [2.05, 4.69) is 72.2 Å². The molecule has 3 amide bonds. The number of nitrogens with zero attached hydrogens (tertiary/aromatic N) is 6. The number of benzene rings is 3. The van der Waals surface area contributed by atoms with Crippen molar-refractivity contribution in [2.45, 2.75) is 124 Å². The molecule has 0 bridgehead atoms. The summed E-state index contributed by atoms with van der Waals surface area (Å²) in [5.74, 6) is 0.428. The molecule has 0 aliphatic heterocycles. The van der Waals surface area contributed by atoms with E-state index in [0.29, 0.717) is 54.8 Å². The number of carbonyl (C=O) groups is 3. The lowest BCUT2D eigenvalue weighted by atomic mass is 10.0. The highest BCUT2D eigenvalue weighted by atomic mass is 28.1. The number of carbonyl (C=O) groups excluding carboxylic acids is 3. The molecule has 3 atom stereocenters. The van der Waals surface area contributed by atoms with E-state index >= 15 is 0 Å². The van der Waals surface area contributed by atoms with Gasteiger partial charge in [0.1, 0.15) is 23.8 Å². The largest absolute Gasteiger partial charge is 0.492 e. The van der Waals surface area contributed by atoms with E-state index in [0.717, 1.165) is 77.0 Å². The summed E-state index contributed by atoms with van der Waals surface area (Å²) in [5, 5.41) is 23.4. The van der Waals surface area contributed by atoms with Gasteiger partial charge in [0.2, 0.25) is 0 Å². The summed E-state index contributed by atoms with van der Waals surface area (Å²) >= 11 is 0. The molecular formula is C47H68N6O6Si. The maximum Gasteiger partial charge on any atom is 0.298 e. The first-order chi connectivity index (χ1) is 29.1. The molecule has 326 valence electrons. The van der Waals surface area contributed by atoms with Crippen LogP contribution < -0.4 is 14.2 Å². The number of para-hydroxylation sites is 3. The van der Waals surface area contributed by atoms with Crippen molar-refractivity contribution >= 4 is 28.0 Å². The first-order valence-electron chi connectivity index (χ1n) is 22.1. The van der Waals surface area contributed by atoms with Gasteiger partial charge >= 0.3 is 0 Å². The Hall–Kier alpha value is -4.91. The molecule has 13 heteroatoms. The predicted molar refractivity (Wildman–Crippen MR) is 241 cm³/mol. The highest BCUT2D eigenvalue weighted by molar-refractivity contribution is 6.15.